The van der Waals surface area contributed by atoms with Crippen molar-refractivity contribution in [2.75, 3.05) is 0 Å². The molecule has 0 rings (SSSR count). The van der Waals surface area contributed by atoms with Crippen LogP contribution in [0.3, 0.4) is 0 Å². The summed E-state index contributed by atoms with van der Waals surface area (Å²) in [6.07, 6.45) is 3.51. The van der Waals surface area contributed by atoms with Crippen molar-refractivity contribution >= 4 is 5.78 Å². The van der Waals surface area contributed by atoms with Crippen LogP contribution in [-0.2, 0) is 4.79 Å². The predicted molar refractivity (Wildman–Crippen MR) is 53.1 cm³/mol. The van der Waals surface area contributed by atoms with Gasteiger partial charge in [-0.15, -0.1) is 6.58 Å². The molecule has 1 atom stereocenters. The van der Waals surface area contributed by atoms with Crippen LogP contribution >= 0.6 is 0 Å². The van der Waals surface area contributed by atoms with Crippen LogP contribution in [0.4, 0.5) is 0 Å². The summed E-state index contributed by atoms with van der Waals surface area (Å²) >= 11 is 0. The first-order valence-electron chi connectivity index (χ1n) is 4.78. The van der Waals surface area contributed by atoms with Gasteiger partial charge in [0.05, 0.1) is 0 Å². The first kappa shape index (κ1) is 11.4. The van der Waals surface area contributed by atoms with E-state index in [0.717, 1.165) is 31.3 Å². The summed E-state index contributed by atoms with van der Waals surface area (Å²) in [7, 11) is 0. The Kier molecular flexibility index (Phi) is 5.69. The standard InChI is InChI=1S/C11H20O/c1-5-7-11(12)10(6-2)8-9(3)4/h10H,3,5-8H2,1-2,4H3. The Morgan fingerprint density at radius 2 is 2.00 bits per heavy atom. The Hall–Kier alpha value is -0.590. The van der Waals surface area contributed by atoms with Crippen LogP contribution in [0.25, 0.3) is 0 Å². The fourth-order valence-corrected chi connectivity index (χ4v) is 1.36. The van der Waals surface area contributed by atoms with Crippen LogP contribution < -0.4 is 0 Å². The van der Waals surface area contributed by atoms with Gasteiger partial charge in [0.15, 0.2) is 0 Å². The van der Waals surface area contributed by atoms with E-state index >= 15 is 0 Å². The molecule has 1 unspecified atom stereocenters. The van der Waals surface area contributed by atoms with E-state index in [1.807, 2.05) is 13.8 Å². The number of carbonyl (C=O) groups excluding carboxylic acids is 1. The Morgan fingerprint density at radius 3 is 2.33 bits per heavy atom. The zero-order valence-corrected chi connectivity index (χ0v) is 8.52. The SMILES string of the molecule is C=C(C)CC(CC)C(=O)CCC. The van der Waals surface area contributed by atoms with Crippen molar-refractivity contribution in [1.82, 2.24) is 0 Å². The van der Waals surface area contributed by atoms with Crippen molar-refractivity contribution in [3.8, 4) is 0 Å². The quantitative estimate of drug-likeness (QED) is 0.556. The molecule has 0 saturated heterocycles. The van der Waals surface area contributed by atoms with E-state index in [0.29, 0.717) is 5.78 Å². The molecule has 0 radical (unpaired) electrons. The normalized spacial score (nSPS) is 12.6. The molecular weight excluding hydrogens is 148 g/mol. The van der Waals surface area contributed by atoms with E-state index in [2.05, 4.69) is 13.5 Å². The number of hydrogen-bond acceptors (Lipinski definition) is 1. The molecule has 12 heavy (non-hydrogen) atoms. The van der Waals surface area contributed by atoms with Crippen molar-refractivity contribution in [1.29, 1.82) is 0 Å². The maximum atomic E-state index is 11.5. The Balaban J connectivity index is 3.96. The summed E-state index contributed by atoms with van der Waals surface area (Å²) in [5.74, 6) is 0.630. The van der Waals surface area contributed by atoms with Gasteiger partial charge in [0.2, 0.25) is 0 Å². The van der Waals surface area contributed by atoms with E-state index in [4.69, 9.17) is 0 Å². The second-order valence-electron chi connectivity index (χ2n) is 3.48. The van der Waals surface area contributed by atoms with Crippen LogP contribution in [-0.4, -0.2) is 5.78 Å². The molecule has 0 aliphatic heterocycles. The van der Waals surface area contributed by atoms with Crippen LogP contribution in [0, 0.1) is 5.92 Å². The van der Waals surface area contributed by atoms with Crippen LogP contribution in [0.5, 0.6) is 0 Å². The second-order valence-corrected chi connectivity index (χ2v) is 3.48. The number of carbonyl (C=O) groups is 1. The first-order chi connectivity index (χ1) is 5.61. The van der Waals surface area contributed by atoms with Gasteiger partial charge in [-0.05, 0) is 26.2 Å². The number of rotatable bonds is 6. The van der Waals surface area contributed by atoms with E-state index in [9.17, 15) is 4.79 Å². The largest absolute Gasteiger partial charge is 0.299 e. The molecule has 0 saturated carbocycles. The van der Waals surface area contributed by atoms with Crippen molar-refractivity contribution in [2.45, 2.75) is 46.5 Å². The van der Waals surface area contributed by atoms with Gasteiger partial charge in [0, 0.05) is 12.3 Å². The lowest BCUT2D eigenvalue weighted by Crippen LogP contribution is -2.13. The maximum Gasteiger partial charge on any atom is 0.136 e. The van der Waals surface area contributed by atoms with Crippen molar-refractivity contribution in [2.24, 2.45) is 5.92 Å². The van der Waals surface area contributed by atoms with Gasteiger partial charge in [-0.2, -0.15) is 0 Å². The third-order valence-corrected chi connectivity index (χ3v) is 2.04. The maximum absolute atomic E-state index is 11.5. The minimum absolute atomic E-state index is 0.224. The van der Waals surface area contributed by atoms with E-state index in [-0.39, 0.29) is 5.92 Å². The molecule has 0 aliphatic rings. The topological polar surface area (TPSA) is 17.1 Å². The summed E-state index contributed by atoms with van der Waals surface area (Å²) in [6, 6.07) is 0. The number of allylic oxidation sites excluding steroid dienone is 1. The van der Waals surface area contributed by atoms with Crippen molar-refractivity contribution < 1.29 is 4.79 Å². The predicted octanol–water partition coefficient (Wildman–Crippen LogP) is 3.35. The third kappa shape index (κ3) is 4.32. The van der Waals surface area contributed by atoms with Gasteiger partial charge in [-0.3, -0.25) is 4.79 Å². The molecule has 0 heterocycles. The van der Waals surface area contributed by atoms with Gasteiger partial charge in [0.25, 0.3) is 0 Å². The zero-order valence-electron chi connectivity index (χ0n) is 8.52. The smallest absolute Gasteiger partial charge is 0.136 e. The molecule has 0 aromatic rings. The Bertz CT molecular complexity index is 158. The van der Waals surface area contributed by atoms with Gasteiger partial charge in [0.1, 0.15) is 5.78 Å². The summed E-state index contributed by atoms with van der Waals surface area (Å²) in [6.45, 7) is 9.94. The van der Waals surface area contributed by atoms with Gasteiger partial charge in [-0.1, -0.05) is 19.4 Å². The molecule has 1 nitrogen and oxygen atoms in total. The summed E-state index contributed by atoms with van der Waals surface area (Å²) in [5, 5.41) is 0. The van der Waals surface area contributed by atoms with Gasteiger partial charge >= 0.3 is 0 Å². The molecule has 1 heteroatoms. The minimum Gasteiger partial charge on any atom is -0.299 e. The minimum atomic E-state index is 0.224. The Labute approximate surface area is 75.9 Å². The fraction of sp³-hybridized carbons (Fsp3) is 0.727. The zero-order chi connectivity index (χ0) is 9.56. The molecule has 70 valence electrons. The molecule has 0 amide bonds. The number of ketones is 1. The van der Waals surface area contributed by atoms with E-state index in [1.54, 1.807) is 0 Å². The molecule has 0 aliphatic carbocycles. The first-order valence-corrected chi connectivity index (χ1v) is 4.78. The fourth-order valence-electron chi connectivity index (χ4n) is 1.36. The lowest BCUT2D eigenvalue weighted by Gasteiger charge is -2.12. The number of Topliss-reactive ketones (excluding diaryl/α,β-unsaturated/α-hetero) is 1. The molecular formula is C11H20O. The van der Waals surface area contributed by atoms with E-state index < -0.39 is 0 Å². The Morgan fingerprint density at radius 1 is 1.42 bits per heavy atom. The molecule has 0 aromatic heterocycles. The molecule has 0 N–H and O–H groups in total. The second kappa shape index (κ2) is 5.99. The molecule has 0 spiro atoms. The third-order valence-electron chi connectivity index (χ3n) is 2.04. The number of hydrogen-bond donors (Lipinski definition) is 0. The average Bonchev–Trinajstić information content (AvgIpc) is 2.00. The summed E-state index contributed by atoms with van der Waals surface area (Å²) < 4.78 is 0. The molecule has 0 bridgehead atoms. The van der Waals surface area contributed by atoms with Crippen LogP contribution in [0.15, 0.2) is 12.2 Å². The highest BCUT2D eigenvalue weighted by atomic mass is 16.1. The van der Waals surface area contributed by atoms with Crippen LogP contribution in [0.1, 0.15) is 46.5 Å². The van der Waals surface area contributed by atoms with Crippen molar-refractivity contribution in [3.63, 3.8) is 0 Å². The monoisotopic (exact) mass is 168 g/mol. The lowest BCUT2D eigenvalue weighted by molar-refractivity contribution is -0.122. The van der Waals surface area contributed by atoms with Crippen LogP contribution in [0.2, 0.25) is 0 Å². The van der Waals surface area contributed by atoms with E-state index in [1.165, 1.54) is 0 Å². The van der Waals surface area contributed by atoms with Gasteiger partial charge in [-0.25, -0.2) is 0 Å². The summed E-state index contributed by atoms with van der Waals surface area (Å²) in [4.78, 5) is 11.5. The highest BCUT2D eigenvalue weighted by Crippen LogP contribution is 2.16. The summed E-state index contributed by atoms with van der Waals surface area (Å²) in [5.41, 5.74) is 1.12. The highest BCUT2D eigenvalue weighted by molar-refractivity contribution is 5.81. The van der Waals surface area contributed by atoms with Gasteiger partial charge < -0.3 is 0 Å². The average molecular weight is 168 g/mol. The molecule has 0 fully saturated rings. The lowest BCUT2D eigenvalue weighted by atomic mass is 9.92. The molecule has 0 aromatic carbocycles. The highest BCUT2D eigenvalue weighted by Gasteiger charge is 2.14. The van der Waals surface area contributed by atoms with Crippen molar-refractivity contribution in [3.05, 3.63) is 12.2 Å².